The van der Waals surface area contributed by atoms with Crippen molar-refractivity contribution < 1.29 is 13.2 Å². The quantitative estimate of drug-likeness (QED) is 0.840. The highest BCUT2D eigenvalue weighted by atomic mass is 35.5. The molecule has 1 saturated carbocycles. The number of alkyl halides is 3. The van der Waals surface area contributed by atoms with Gasteiger partial charge in [-0.25, -0.2) is 0 Å². The molecule has 1 aliphatic carbocycles. The number of benzene rings is 1. The fourth-order valence-corrected chi connectivity index (χ4v) is 2.69. The van der Waals surface area contributed by atoms with Gasteiger partial charge in [-0.05, 0) is 36.5 Å². The fraction of sp³-hybridized carbons (Fsp3) is 0.571. The molecule has 1 fully saturated rings. The van der Waals surface area contributed by atoms with Crippen LogP contribution in [0.1, 0.15) is 49.3 Å². The van der Waals surface area contributed by atoms with E-state index in [-0.39, 0.29) is 18.4 Å². The first-order chi connectivity index (χ1) is 8.48. The summed E-state index contributed by atoms with van der Waals surface area (Å²) in [5.41, 5.74) is 6.12. The van der Waals surface area contributed by atoms with Gasteiger partial charge in [-0.3, -0.25) is 0 Å². The largest absolute Gasteiger partial charge is 0.416 e. The van der Waals surface area contributed by atoms with E-state index in [1.165, 1.54) is 18.6 Å². The van der Waals surface area contributed by atoms with Crippen molar-refractivity contribution in [3.05, 3.63) is 35.4 Å². The van der Waals surface area contributed by atoms with Crippen molar-refractivity contribution in [2.24, 2.45) is 11.7 Å². The van der Waals surface area contributed by atoms with E-state index in [9.17, 15) is 13.2 Å². The molecule has 1 nitrogen and oxygen atoms in total. The summed E-state index contributed by atoms with van der Waals surface area (Å²) in [6.07, 6.45) is 1.25. The third-order valence-corrected chi connectivity index (χ3v) is 3.76. The summed E-state index contributed by atoms with van der Waals surface area (Å²) in [6.45, 7) is 0. The van der Waals surface area contributed by atoms with E-state index in [1.54, 1.807) is 6.07 Å². The van der Waals surface area contributed by atoms with Gasteiger partial charge in [-0.1, -0.05) is 31.4 Å². The monoisotopic (exact) mass is 293 g/mol. The van der Waals surface area contributed by atoms with Crippen LogP contribution in [0.4, 0.5) is 13.2 Å². The summed E-state index contributed by atoms with van der Waals surface area (Å²) < 4.78 is 37.9. The Kier molecular flexibility index (Phi) is 5.68. The minimum atomic E-state index is -4.29. The van der Waals surface area contributed by atoms with E-state index in [0.717, 1.165) is 31.7 Å². The second-order valence-electron chi connectivity index (χ2n) is 5.05. The molecule has 0 aromatic heterocycles. The van der Waals surface area contributed by atoms with Gasteiger partial charge in [0.2, 0.25) is 0 Å². The highest BCUT2D eigenvalue weighted by molar-refractivity contribution is 5.85. The second-order valence-corrected chi connectivity index (χ2v) is 5.05. The Morgan fingerprint density at radius 3 is 2.32 bits per heavy atom. The van der Waals surface area contributed by atoms with Gasteiger partial charge in [0.05, 0.1) is 5.56 Å². The van der Waals surface area contributed by atoms with E-state index in [4.69, 9.17) is 5.73 Å². The Hall–Kier alpha value is -0.740. The lowest BCUT2D eigenvalue weighted by atomic mass is 9.81. The maximum atomic E-state index is 12.6. The summed E-state index contributed by atoms with van der Waals surface area (Å²) in [4.78, 5) is 0. The minimum Gasteiger partial charge on any atom is -0.324 e. The molecule has 1 aliphatic rings. The lowest BCUT2D eigenvalue weighted by Crippen LogP contribution is -2.24. The molecule has 19 heavy (non-hydrogen) atoms. The molecule has 1 atom stereocenters. The van der Waals surface area contributed by atoms with Crippen LogP contribution >= 0.6 is 12.4 Å². The van der Waals surface area contributed by atoms with Crippen molar-refractivity contribution in [1.82, 2.24) is 0 Å². The third kappa shape index (κ3) is 4.11. The lowest BCUT2D eigenvalue weighted by molar-refractivity contribution is -0.137. The molecule has 0 spiro atoms. The van der Waals surface area contributed by atoms with Crippen LogP contribution in [0.2, 0.25) is 0 Å². The van der Waals surface area contributed by atoms with E-state index in [0.29, 0.717) is 11.5 Å². The molecule has 0 bridgehead atoms. The van der Waals surface area contributed by atoms with E-state index >= 15 is 0 Å². The number of nitrogens with two attached hydrogens (primary N) is 1. The molecule has 2 rings (SSSR count). The van der Waals surface area contributed by atoms with Crippen LogP contribution in [0, 0.1) is 5.92 Å². The molecule has 0 amide bonds. The van der Waals surface area contributed by atoms with E-state index in [1.807, 2.05) is 0 Å². The highest BCUT2D eigenvalue weighted by Crippen LogP contribution is 2.35. The van der Waals surface area contributed by atoms with Crippen LogP contribution in [0.15, 0.2) is 24.3 Å². The van der Waals surface area contributed by atoms with Gasteiger partial charge in [0.15, 0.2) is 0 Å². The predicted molar refractivity (Wildman–Crippen MR) is 72.2 cm³/mol. The van der Waals surface area contributed by atoms with Gasteiger partial charge in [0.25, 0.3) is 0 Å². The average molecular weight is 294 g/mol. The van der Waals surface area contributed by atoms with Gasteiger partial charge in [-0.2, -0.15) is 13.2 Å². The smallest absolute Gasteiger partial charge is 0.324 e. The van der Waals surface area contributed by atoms with E-state index < -0.39 is 11.7 Å². The first-order valence-electron chi connectivity index (χ1n) is 6.41. The molecule has 5 heteroatoms. The molecular formula is C14H19ClF3N. The summed E-state index contributed by atoms with van der Waals surface area (Å²) in [7, 11) is 0. The number of hydrogen-bond donors (Lipinski definition) is 1. The van der Waals surface area contributed by atoms with Gasteiger partial charge in [0, 0.05) is 6.04 Å². The van der Waals surface area contributed by atoms with Crippen molar-refractivity contribution in [3.8, 4) is 0 Å². The van der Waals surface area contributed by atoms with Gasteiger partial charge in [-0.15, -0.1) is 12.4 Å². The van der Waals surface area contributed by atoms with Crippen LogP contribution in [0.5, 0.6) is 0 Å². The maximum Gasteiger partial charge on any atom is 0.416 e. The van der Waals surface area contributed by atoms with Crippen molar-refractivity contribution in [2.75, 3.05) is 0 Å². The molecule has 0 radical (unpaired) electrons. The second kappa shape index (κ2) is 6.62. The number of halogens is 4. The summed E-state index contributed by atoms with van der Waals surface area (Å²) in [5, 5.41) is 0. The number of hydrogen-bond acceptors (Lipinski definition) is 1. The van der Waals surface area contributed by atoms with Crippen LogP contribution in [0.3, 0.4) is 0 Å². The number of rotatable bonds is 2. The fourth-order valence-electron chi connectivity index (χ4n) is 2.69. The van der Waals surface area contributed by atoms with Crippen molar-refractivity contribution in [3.63, 3.8) is 0 Å². The molecule has 0 heterocycles. The average Bonchev–Trinajstić information content (AvgIpc) is 2.38. The topological polar surface area (TPSA) is 26.0 Å². The third-order valence-electron chi connectivity index (χ3n) is 3.76. The molecule has 1 aromatic rings. The Morgan fingerprint density at radius 2 is 1.74 bits per heavy atom. The van der Waals surface area contributed by atoms with Gasteiger partial charge >= 0.3 is 6.18 Å². The van der Waals surface area contributed by atoms with Crippen LogP contribution in [0.25, 0.3) is 0 Å². The molecule has 0 saturated heterocycles. The summed E-state index contributed by atoms with van der Waals surface area (Å²) in [6, 6.07) is 5.17. The van der Waals surface area contributed by atoms with Crippen LogP contribution in [-0.4, -0.2) is 0 Å². The first-order valence-corrected chi connectivity index (χ1v) is 6.41. The standard InChI is InChI=1S/C14H18F3N.ClH/c15-14(16,17)12-8-4-7-11(9-12)13(18)10-5-2-1-3-6-10;/h4,7-10,13H,1-3,5-6,18H2;1H/t13-;/m1./s1. The molecular weight excluding hydrogens is 275 g/mol. The molecule has 2 N–H and O–H groups in total. The summed E-state index contributed by atoms with van der Waals surface area (Å²) in [5.74, 6) is 0.322. The maximum absolute atomic E-state index is 12.6. The highest BCUT2D eigenvalue weighted by Gasteiger charge is 2.31. The SMILES string of the molecule is Cl.N[C@@H](c1cccc(C(F)(F)F)c1)C1CCCCC1. The van der Waals surface area contributed by atoms with Gasteiger partial charge in [0.1, 0.15) is 0 Å². The minimum absolute atomic E-state index is 0. The van der Waals surface area contributed by atoms with Gasteiger partial charge < -0.3 is 5.73 Å². The van der Waals surface area contributed by atoms with E-state index in [2.05, 4.69) is 0 Å². The Balaban J connectivity index is 0.00000180. The Labute approximate surface area is 117 Å². The lowest BCUT2D eigenvalue weighted by Gasteiger charge is -2.28. The molecule has 0 aliphatic heterocycles. The van der Waals surface area contributed by atoms with Crippen molar-refractivity contribution in [2.45, 2.75) is 44.3 Å². The van der Waals surface area contributed by atoms with Crippen molar-refractivity contribution >= 4 is 12.4 Å². The summed E-state index contributed by atoms with van der Waals surface area (Å²) >= 11 is 0. The molecule has 108 valence electrons. The molecule has 1 aromatic carbocycles. The van der Waals surface area contributed by atoms with Crippen molar-refractivity contribution in [1.29, 1.82) is 0 Å². The first kappa shape index (κ1) is 16.3. The zero-order chi connectivity index (χ0) is 13.2. The predicted octanol–water partition coefficient (Wildman–Crippen LogP) is 4.71. The Morgan fingerprint density at radius 1 is 1.11 bits per heavy atom. The zero-order valence-corrected chi connectivity index (χ0v) is 11.4. The zero-order valence-electron chi connectivity index (χ0n) is 10.6. The molecule has 0 unspecified atom stereocenters. The van der Waals surface area contributed by atoms with Crippen LogP contribution < -0.4 is 5.73 Å². The Bertz CT molecular complexity index is 400. The van der Waals surface area contributed by atoms with Crippen LogP contribution in [-0.2, 0) is 6.18 Å². The normalized spacial score (nSPS) is 18.7.